The second kappa shape index (κ2) is 6.56. The van der Waals surface area contributed by atoms with Crippen molar-refractivity contribution in [3.8, 4) is 5.75 Å². The zero-order valence-electron chi connectivity index (χ0n) is 9.07. The maximum Gasteiger partial charge on any atom is 1.00 e. The van der Waals surface area contributed by atoms with Crippen LogP contribution in [0.2, 0.25) is 0 Å². The Balaban J connectivity index is 0.00000225. The fraction of sp³-hybridized carbons (Fsp3) is 0.333. The van der Waals surface area contributed by atoms with E-state index in [2.05, 4.69) is 0 Å². The number of rotatable bonds is 4. The van der Waals surface area contributed by atoms with E-state index in [4.69, 9.17) is 4.74 Å². The van der Waals surface area contributed by atoms with Crippen LogP contribution in [-0.4, -0.2) is 25.3 Å². The van der Waals surface area contributed by atoms with Crippen molar-refractivity contribution in [2.75, 3.05) is 12.4 Å². The van der Waals surface area contributed by atoms with Gasteiger partial charge in [0.25, 0.3) is 0 Å². The molecule has 0 bridgehead atoms. The van der Waals surface area contributed by atoms with Gasteiger partial charge in [-0.15, -0.1) is 0 Å². The third-order valence-corrected chi connectivity index (χ3v) is 2.34. The first-order valence-electron chi connectivity index (χ1n) is 4.21. The Labute approximate surface area is 116 Å². The number of aryl methyl sites for hydroxylation is 1. The van der Waals surface area contributed by atoms with Gasteiger partial charge in [0.15, 0.2) is 11.6 Å². The van der Waals surface area contributed by atoms with E-state index < -0.39 is 21.7 Å². The molecule has 0 atom stereocenters. The van der Waals surface area contributed by atoms with Crippen molar-refractivity contribution in [1.82, 2.24) is 0 Å². The molecule has 0 aliphatic rings. The Morgan fingerprint density at radius 3 is 2.56 bits per heavy atom. The van der Waals surface area contributed by atoms with Gasteiger partial charge in [-0.3, -0.25) is 0 Å². The second-order valence-corrected chi connectivity index (χ2v) is 4.57. The molecule has 0 N–H and O–H groups in total. The van der Waals surface area contributed by atoms with Crippen LogP contribution < -0.4 is 34.3 Å². The van der Waals surface area contributed by atoms with Gasteiger partial charge in [-0.1, -0.05) is 6.07 Å². The molecule has 0 fully saturated rings. The van der Waals surface area contributed by atoms with Crippen molar-refractivity contribution in [3.63, 3.8) is 0 Å². The first-order valence-corrected chi connectivity index (χ1v) is 5.79. The molecular formula is C9H10FNaO4S. The number of hydrogen-bond acceptors (Lipinski definition) is 4. The predicted molar refractivity (Wildman–Crippen MR) is 51.2 cm³/mol. The summed E-state index contributed by atoms with van der Waals surface area (Å²) < 4.78 is 48.6. The SMILES string of the molecule is Cc1ccc(OCCS(=O)(=O)[O-])c(F)c1.[Na+]. The minimum atomic E-state index is -4.31. The van der Waals surface area contributed by atoms with Crippen LogP contribution in [0.4, 0.5) is 4.39 Å². The minimum Gasteiger partial charge on any atom is -0.748 e. The molecule has 1 rings (SSSR count). The largest absolute Gasteiger partial charge is 1.00 e. The van der Waals surface area contributed by atoms with Crippen LogP contribution in [0.25, 0.3) is 0 Å². The second-order valence-electron chi connectivity index (χ2n) is 3.04. The summed E-state index contributed by atoms with van der Waals surface area (Å²) in [6, 6.07) is 4.28. The normalized spacial score (nSPS) is 10.7. The van der Waals surface area contributed by atoms with Gasteiger partial charge in [-0.25, -0.2) is 12.8 Å². The summed E-state index contributed by atoms with van der Waals surface area (Å²) in [6.07, 6.45) is 0. The molecule has 84 valence electrons. The molecule has 7 heteroatoms. The quantitative estimate of drug-likeness (QED) is 0.464. The van der Waals surface area contributed by atoms with E-state index in [-0.39, 0.29) is 41.9 Å². The fourth-order valence-corrected chi connectivity index (χ4v) is 1.26. The van der Waals surface area contributed by atoms with Gasteiger partial charge in [0.05, 0.1) is 15.9 Å². The maximum atomic E-state index is 13.1. The summed E-state index contributed by atoms with van der Waals surface area (Å²) in [5.74, 6) is -1.29. The topological polar surface area (TPSA) is 66.4 Å². The third kappa shape index (κ3) is 5.81. The van der Waals surface area contributed by atoms with Gasteiger partial charge < -0.3 is 9.29 Å². The van der Waals surface area contributed by atoms with E-state index >= 15 is 0 Å². The van der Waals surface area contributed by atoms with Crippen molar-refractivity contribution in [2.24, 2.45) is 0 Å². The van der Waals surface area contributed by atoms with Crippen molar-refractivity contribution in [2.45, 2.75) is 6.92 Å². The molecule has 0 aromatic heterocycles. The van der Waals surface area contributed by atoms with Crippen LogP contribution in [0.1, 0.15) is 5.56 Å². The van der Waals surface area contributed by atoms with E-state index in [1.54, 1.807) is 13.0 Å². The summed E-state index contributed by atoms with van der Waals surface area (Å²) in [5, 5.41) is 0. The molecule has 0 radical (unpaired) electrons. The zero-order valence-corrected chi connectivity index (χ0v) is 11.9. The summed E-state index contributed by atoms with van der Waals surface area (Å²) in [5.41, 5.74) is 0.733. The van der Waals surface area contributed by atoms with Crippen molar-refractivity contribution < 1.29 is 51.7 Å². The van der Waals surface area contributed by atoms with Crippen LogP contribution in [0.15, 0.2) is 18.2 Å². The van der Waals surface area contributed by atoms with Crippen LogP contribution in [0, 0.1) is 12.7 Å². The summed E-state index contributed by atoms with van der Waals surface area (Å²) in [6.45, 7) is 1.38. The molecule has 0 aliphatic carbocycles. The number of hydrogen-bond donors (Lipinski definition) is 0. The molecular weight excluding hydrogens is 246 g/mol. The Kier molecular flexibility index (Phi) is 6.50. The smallest absolute Gasteiger partial charge is 0.748 e. The van der Waals surface area contributed by atoms with Crippen molar-refractivity contribution in [1.29, 1.82) is 0 Å². The standard InChI is InChI=1S/C9H11FO4S.Na/c1-7-2-3-9(8(10)6-7)14-4-5-15(11,12)13;/h2-3,6H,4-5H2,1H3,(H,11,12,13);/q;+1/p-1. The summed E-state index contributed by atoms with van der Waals surface area (Å²) in [4.78, 5) is 0. The molecule has 1 aromatic carbocycles. The van der Waals surface area contributed by atoms with E-state index in [0.717, 1.165) is 5.56 Å². The van der Waals surface area contributed by atoms with Crippen LogP contribution in [-0.2, 0) is 10.1 Å². The van der Waals surface area contributed by atoms with E-state index in [1.807, 2.05) is 0 Å². The monoisotopic (exact) mass is 256 g/mol. The van der Waals surface area contributed by atoms with Crippen LogP contribution in [0.5, 0.6) is 5.75 Å². The van der Waals surface area contributed by atoms with E-state index in [1.165, 1.54) is 12.1 Å². The summed E-state index contributed by atoms with van der Waals surface area (Å²) in [7, 11) is -4.31. The molecule has 0 unspecified atom stereocenters. The Morgan fingerprint density at radius 1 is 1.44 bits per heavy atom. The number of halogens is 1. The van der Waals surface area contributed by atoms with Gasteiger partial charge in [0.2, 0.25) is 0 Å². The molecule has 0 amide bonds. The van der Waals surface area contributed by atoms with Gasteiger partial charge in [-0.05, 0) is 24.6 Å². The third-order valence-electron chi connectivity index (χ3n) is 1.68. The first-order chi connectivity index (χ1) is 6.88. The predicted octanol–water partition coefficient (Wildman–Crippen LogP) is -1.94. The van der Waals surface area contributed by atoms with Crippen molar-refractivity contribution >= 4 is 10.1 Å². The van der Waals surface area contributed by atoms with Gasteiger partial charge in [-0.2, -0.15) is 0 Å². The molecule has 4 nitrogen and oxygen atoms in total. The maximum absolute atomic E-state index is 13.1. The van der Waals surface area contributed by atoms with E-state index in [0.29, 0.717) is 0 Å². The average Bonchev–Trinajstić information content (AvgIpc) is 2.07. The fourth-order valence-electron chi connectivity index (χ4n) is 0.977. The zero-order chi connectivity index (χ0) is 11.5. The average molecular weight is 256 g/mol. The Bertz CT molecular complexity index is 447. The molecule has 1 aromatic rings. The van der Waals surface area contributed by atoms with Gasteiger partial charge >= 0.3 is 29.6 Å². The first kappa shape index (κ1) is 15.9. The molecule has 0 saturated carbocycles. The Morgan fingerprint density at radius 2 is 2.06 bits per heavy atom. The van der Waals surface area contributed by atoms with Crippen LogP contribution >= 0.6 is 0 Å². The molecule has 0 aliphatic heterocycles. The Hall–Kier alpha value is -0.140. The van der Waals surface area contributed by atoms with Gasteiger partial charge in [0, 0.05) is 0 Å². The molecule has 16 heavy (non-hydrogen) atoms. The molecule has 0 saturated heterocycles. The van der Waals surface area contributed by atoms with Crippen molar-refractivity contribution in [3.05, 3.63) is 29.6 Å². The van der Waals surface area contributed by atoms with E-state index in [9.17, 15) is 17.4 Å². The molecule has 0 heterocycles. The number of ether oxygens (including phenoxy) is 1. The van der Waals surface area contributed by atoms with Gasteiger partial charge in [0.1, 0.15) is 6.61 Å². The minimum absolute atomic E-state index is 0. The molecule has 0 spiro atoms. The number of benzene rings is 1. The van der Waals surface area contributed by atoms with Crippen LogP contribution in [0.3, 0.4) is 0 Å². The summed E-state index contributed by atoms with van der Waals surface area (Å²) >= 11 is 0.